The highest BCUT2D eigenvalue weighted by Crippen LogP contribution is 2.13. The molecule has 1 aliphatic heterocycles. The van der Waals surface area contributed by atoms with Crippen LogP contribution in [0.3, 0.4) is 0 Å². The number of aliphatic carboxylic acids is 1. The van der Waals surface area contributed by atoms with E-state index in [0.717, 1.165) is 25.9 Å². The summed E-state index contributed by atoms with van der Waals surface area (Å²) in [6, 6.07) is -0.204. The molecule has 0 aromatic rings. The first-order valence-corrected chi connectivity index (χ1v) is 5.73. The van der Waals surface area contributed by atoms with E-state index in [9.17, 15) is 9.59 Å². The van der Waals surface area contributed by atoms with Crippen LogP contribution in [0.15, 0.2) is 0 Å². The second-order valence-corrected chi connectivity index (χ2v) is 4.36. The number of hydrogen-bond donors (Lipinski definition) is 1. The van der Waals surface area contributed by atoms with E-state index in [-0.39, 0.29) is 18.5 Å². The normalized spacial score (nSPS) is 19.1. The molecule has 1 atom stereocenters. The molecule has 0 aliphatic carbocycles. The lowest BCUT2D eigenvalue weighted by Gasteiger charge is -2.33. The summed E-state index contributed by atoms with van der Waals surface area (Å²) in [5.41, 5.74) is 0. The van der Waals surface area contributed by atoms with Crippen LogP contribution >= 0.6 is 0 Å². The Kier molecular flexibility index (Phi) is 4.73. The number of hydrogen-bond acceptors (Lipinski definition) is 3. The smallest absolute Gasteiger partial charge is 0.323 e. The molecule has 1 fully saturated rings. The fourth-order valence-electron chi connectivity index (χ4n) is 2.06. The molecule has 0 aromatic heterocycles. The molecule has 0 saturated carbocycles. The fraction of sp³-hybridized carbons (Fsp3) is 0.818. The zero-order chi connectivity index (χ0) is 12.1. The Labute approximate surface area is 96.0 Å². The summed E-state index contributed by atoms with van der Waals surface area (Å²) >= 11 is 0. The van der Waals surface area contributed by atoms with Gasteiger partial charge in [-0.2, -0.15) is 0 Å². The lowest BCUT2D eigenvalue weighted by atomic mass is 10.1. The molecule has 1 heterocycles. The topological polar surface area (TPSA) is 60.9 Å². The number of carbonyl (C=O) groups excluding carboxylic acids is 1. The molecule has 16 heavy (non-hydrogen) atoms. The lowest BCUT2D eigenvalue weighted by Crippen LogP contribution is -2.48. The highest BCUT2D eigenvalue weighted by atomic mass is 16.4. The number of amides is 1. The van der Waals surface area contributed by atoms with Crippen molar-refractivity contribution < 1.29 is 14.7 Å². The molecule has 0 spiro atoms. The average molecular weight is 228 g/mol. The van der Waals surface area contributed by atoms with Crippen molar-refractivity contribution in [3.63, 3.8) is 0 Å². The van der Waals surface area contributed by atoms with E-state index in [0.29, 0.717) is 0 Å². The predicted octanol–water partition coefficient (Wildman–Crippen LogP) is 0.404. The maximum atomic E-state index is 11.9. The molecule has 5 heteroatoms. The Morgan fingerprint density at radius 1 is 1.31 bits per heavy atom. The molecular weight excluding hydrogens is 208 g/mol. The van der Waals surface area contributed by atoms with Gasteiger partial charge in [0.25, 0.3) is 0 Å². The predicted molar refractivity (Wildman–Crippen MR) is 60.2 cm³/mol. The Hall–Kier alpha value is -1.10. The second-order valence-electron chi connectivity index (χ2n) is 4.36. The molecule has 1 unspecified atom stereocenters. The zero-order valence-corrected chi connectivity index (χ0v) is 9.98. The van der Waals surface area contributed by atoms with Gasteiger partial charge in [0.15, 0.2) is 0 Å². The third-order valence-corrected chi connectivity index (χ3v) is 3.04. The van der Waals surface area contributed by atoms with Crippen LogP contribution in [0.5, 0.6) is 0 Å². The minimum absolute atomic E-state index is 0.107. The number of carbonyl (C=O) groups is 2. The minimum Gasteiger partial charge on any atom is -0.480 e. The van der Waals surface area contributed by atoms with E-state index in [1.165, 1.54) is 18.4 Å². The number of rotatable bonds is 4. The van der Waals surface area contributed by atoms with Gasteiger partial charge in [0, 0.05) is 7.05 Å². The molecule has 0 bridgehead atoms. The van der Waals surface area contributed by atoms with Crippen molar-refractivity contribution >= 4 is 11.9 Å². The molecule has 1 N–H and O–H groups in total. The largest absolute Gasteiger partial charge is 0.480 e. The van der Waals surface area contributed by atoms with Crippen LogP contribution in [0.2, 0.25) is 0 Å². The van der Waals surface area contributed by atoms with Gasteiger partial charge in [-0.15, -0.1) is 0 Å². The Balaban J connectivity index is 2.48. The van der Waals surface area contributed by atoms with Crippen LogP contribution in [-0.4, -0.2) is 59.5 Å². The number of nitrogens with zero attached hydrogens (tertiary/aromatic N) is 2. The van der Waals surface area contributed by atoms with Crippen LogP contribution in [0, 0.1) is 0 Å². The summed E-state index contributed by atoms with van der Waals surface area (Å²) in [5.74, 6) is -1.08. The SMILES string of the molecule is CC(C(=O)N(C)CC(=O)O)N1CCCCC1. The van der Waals surface area contributed by atoms with E-state index < -0.39 is 5.97 Å². The van der Waals surface area contributed by atoms with E-state index in [1.807, 2.05) is 6.92 Å². The monoisotopic (exact) mass is 228 g/mol. The zero-order valence-electron chi connectivity index (χ0n) is 9.98. The summed E-state index contributed by atoms with van der Waals surface area (Å²) in [7, 11) is 1.54. The van der Waals surface area contributed by atoms with Gasteiger partial charge in [0.05, 0.1) is 6.04 Å². The van der Waals surface area contributed by atoms with Crippen molar-refractivity contribution in [2.45, 2.75) is 32.2 Å². The molecule has 5 nitrogen and oxygen atoms in total. The third-order valence-electron chi connectivity index (χ3n) is 3.04. The van der Waals surface area contributed by atoms with E-state index in [4.69, 9.17) is 5.11 Å². The van der Waals surface area contributed by atoms with Crippen molar-refractivity contribution in [3.05, 3.63) is 0 Å². The van der Waals surface area contributed by atoms with Crippen LogP contribution < -0.4 is 0 Å². The Morgan fingerprint density at radius 3 is 2.38 bits per heavy atom. The Morgan fingerprint density at radius 2 is 1.88 bits per heavy atom. The van der Waals surface area contributed by atoms with Crippen molar-refractivity contribution in [3.8, 4) is 0 Å². The van der Waals surface area contributed by atoms with Crippen molar-refractivity contribution in [2.75, 3.05) is 26.7 Å². The molecule has 0 radical (unpaired) electrons. The van der Waals surface area contributed by atoms with Crippen LogP contribution in [0.1, 0.15) is 26.2 Å². The first-order chi connectivity index (χ1) is 7.52. The molecule has 1 rings (SSSR count). The maximum Gasteiger partial charge on any atom is 0.323 e. The van der Waals surface area contributed by atoms with Gasteiger partial charge >= 0.3 is 5.97 Å². The number of carboxylic acid groups (broad SMARTS) is 1. The van der Waals surface area contributed by atoms with Crippen LogP contribution in [0.25, 0.3) is 0 Å². The first-order valence-electron chi connectivity index (χ1n) is 5.73. The average Bonchev–Trinajstić information content (AvgIpc) is 2.27. The summed E-state index contributed by atoms with van der Waals surface area (Å²) < 4.78 is 0. The molecule has 1 aliphatic rings. The summed E-state index contributed by atoms with van der Waals surface area (Å²) in [4.78, 5) is 25.8. The maximum absolute atomic E-state index is 11.9. The van der Waals surface area contributed by atoms with Crippen LogP contribution in [0.4, 0.5) is 0 Å². The van der Waals surface area contributed by atoms with E-state index >= 15 is 0 Å². The summed E-state index contributed by atoms with van der Waals surface area (Å²) in [5, 5.41) is 8.62. The van der Waals surface area contributed by atoms with Crippen LogP contribution in [-0.2, 0) is 9.59 Å². The molecule has 0 aromatic carbocycles. The standard InChI is InChI=1S/C11H20N2O3/c1-9(13-6-4-3-5-7-13)11(16)12(2)8-10(14)15/h9H,3-8H2,1-2H3,(H,14,15). The van der Waals surface area contributed by atoms with Gasteiger partial charge < -0.3 is 10.0 Å². The number of likely N-dealkylation sites (tertiary alicyclic amines) is 1. The number of likely N-dealkylation sites (N-methyl/N-ethyl adjacent to an activating group) is 1. The van der Waals surface area contributed by atoms with Gasteiger partial charge in [-0.3, -0.25) is 14.5 Å². The van der Waals surface area contributed by atoms with Gasteiger partial charge in [-0.05, 0) is 32.9 Å². The molecule has 1 saturated heterocycles. The highest BCUT2D eigenvalue weighted by molar-refractivity contribution is 5.84. The lowest BCUT2D eigenvalue weighted by molar-refractivity contribution is -0.145. The number of piperidine rings is 1. The van der Waals surface area contributed by atoms with Gasteiger partial charge in [0.1, 0.15) is 6.54 Å². The van der Waals surface area contributed by atoms with Gasteiger partial charge in [0.2, 0.25) is 5.91 Å². The molecule has 92 valence electrons. The van der Waals surface area contributed by atoms with Gasteiger partial charge in [-0.25, -0.2) is 0 Å². The molecular formula is C11H20N2O3. The third kappa shape index (κ3) is 3.48. The van der Waals surface area contributed by atoms with Crippen molar-refractivity contribution in [1.82, 2.24) is 9.80 Å². The highest BCUT2D eigenvalue weighted by Gasteiger charge is 2.25. The van der Waals surface area contributed by atoms with E-state index in [1.54, 1.807) is 0 Å². The van der Waals surface area contributed by atoms with Crippen molar-refractivity contribution in [1.29, 1.82) is 0 Å². The van der Waals surface area contributed by atoms with E-state index in [2.05, 4.69) is 4.90 Å². The quantitative estimate of drug-likeness (QED) is 0.757. The second kappa shape index (κ2) is 5.84. The van der Waals surface area contributed by atoms with Crippen molar-refractivity contribution in [2.24, 2.45) is 0 Å². The minimum atomic E-state index is -0.971. The first kappa shape index (κ1) is 13.0. The molecule has 1 amide bonds. The Bertz CT molecular complexity index is 262. The number of carboxylic acids is 1. The fourth-order valence-corrected chi connectivity index (χ4v) is 2.06. The summed E-state index contributed by atoms with van der Waals surface area (Å²) in [6.45, 7) is 3.50. The van der Waals surface area contributed by atoms with Gasteiger partial charge in [-0.1, -0.05) is 6.42 Å². The summed E-state index contributed by atoms with van der Waals surface area (Å²) in [6.07, 6.45) is 3.48.